The van der Waals surface area contributed by atoms with E-state index in [2.05, 4.69) is 54.6 Å². The lowest BCUT2D eigenvalue weighted by Crippen LogP contribution is -2.39. The Morgan fingerprint density at radius 2 is 2.00 bits per heavy atom. The highest BCUT2D eigenvalue weighted by molar-refractivity contribution is 14.0. The van der Waals surface area contributed by atoms with Crippen molar-refractivity contribution in [2.24, 2.45) is 12.0 Å². The minimum Gasteiger partial charge on any atom is -0.357 e. The molecule has 0 aromatic carbocycles. The number of aliphatic imine (C=N–C) groups is 1. The molecular formula is C18H35ClIN5. The molecule has 0 aliphatic heterocycles. The van der Waals surface area contributed by atoms with Gasteiger partial charge in [0.2, 0.25) is 0 Å². The first-order chi connectivity index (χ1) is 11.3. The number of hydrogen-bond donors (Lipinski definition) is 1. The first-order valence-electron chi connectivity index (χ1n) is 8.85. The average molecular weight is 484 g/mol. The topological polar surface area (TPSA) is 35.8 Å². The second kappa shape index (κ2) is 12.8. The molecule has 1 aromatic heterocycles. The minimum atomic E-state index is 0. The summed E-state index contributed by atoms with van der Waals surface area (Å²) < 4.78 is 2.06. The van der Waals surface area contributed by atoms with Crippen LogP contribution in [0.5, 0.6) is 0 Å². The Hall–Kier alpha value is -0.470. The summed E-state index contributed by atoms with van der Waals surface area (Å²) in [5.41, 5.74) is 1.17. The maximum atomic E-state index is 6.07. The van der Waals surface area contributed by atoms with E-state index in [1.54, 1.807) is 0 Å². The maximum Gasteiger partial charge on any atom is 0.194 e. The molecule has 0 unspecified atom stereocenters. The standard InChI is InChI=1S/C18H34ClN5.HI/c1-7-20-18(21-10-8-9-11-22(4)15(2)3)24(6)14-17-12-16(19)13-23(17)5;/h12-13,15H,7-11,14H2,1-6H3,(H,20,21);1H. The van der Waals surface area contributed by atoms with Gasteiger partial charge in [0, 0.05) is 45.1 Å². The monoisotopic (exact) mass is 483 g/mol. The van der Waals surface area contributed by atoms with Gasteiger partial charge >= 0.3 is 0 Å². The molecule has 5 nitrogen and oxygen atoms in total. The molecule has 1 heterocycles. The highest BCUT2D eigenvalue weighted by Gasteiger charge is 2.09. The molecule has 0 fully saturated rings. The van der Waals surface area contributed by atoms with E-state index in [9.17, 15) is 0 Å². The Morgan fingerprint density at radius 3 is 2.52 bits per heavy atom. The second-order valence-corrected chi connectivity index (χ2v) is 7.07. The highest BCUT2D eigenvalue weighted by Crippen LogP contribution is 2.14. The fourth-order valence-electron chi connectivity index (χ4n) is 2.43. The molecule has 0 aliphatic rings. The Morgan fingerprint density at radius 1 is 1.32 bits per heavy atom. The minimum absolute atomic E-state index is 0. The molecule has 1 N–H and O–H groups in total. The quantitative estimate of drug-likeness (QED) is 0.251. The van der Waals surface area contributed by atoms with Gasteiger partial charge in [0.25, 0.3) is 0 Å². The SMILES string of the molecule is CCNC(=NCCCCN(C)C(C)C)N(C)Cc1cc(Cl)cn1C.I. The van der Waals surface area contributed by atoms with Crippen LogP contribution in [-0.4, -0.2) is 60.1 Å². The van der Waals surface area contributed by atoms with Gasteiger partial charge in [-0.15, -0.1) is 24.0 Å². The fourth-order valence-corrected chi connectivity index (χ4v) is 2.70. The number of aryl methyl sites for hydroxylation is 1. The van der Waals surface area contributed by atoms with Crippen molar-refractivity contribution in [1.82, 2.24) is 19.7 Å². The van der Waals surface area contributed by atoms with Crippen LogP contribution < -0.4 is 5.32 Å². The van der Waals surface area contributed by atoms with Gasteiger partial charge in [0.1, 0.15) is 0 Å². The van der Waals surface area contributed by atoms with Crippen LogP contribution in [0, 0.1) is 0 Å². The van der Waals surface area contributed by atoms with Crippen LogP contribution in [0.1, 0.15) is 39.3 Å². The maximum absolute atomic E-state index is 6.07. The lowest BCUT2D eigenvalue weighted by Gasteiger charge is -2.22. The lowest BCUT2D eigenvalue weighted by atomic mass is 10.2. The fraction of sp³-hybridized carbons (Fsp3) is 0.722. The molecule has 0 saturated carbocycles. The summed E-state index contributed by atoms with van der Waals surface area (Å²) in [6, 6.07) is 2.61. The summed E-state index contributed by atoms with van der Waals surface area (Å²) in [4.78, 5) is 9.28. The Bertz CT molecular complexity index is 516. The third-order valence-corrected chi connectivity index (χ3v) is 4.44. The van der Waals surface area contributed by atoms with E-state index in [-0.39, 0.29) is 24.0 Å². The molecule has 0 radical (unpaired) electrons. The van der Waals surface area contributed by atoms with Crippen LogP contribution in [0.3, 0.4) is 0 Å². The van der Waals surface area contributed by atoms with Crippen molar-refractivity contribution in [2.75, 3.05) is 33.7 Å². The van der Waals surface area contributed by atoms with Gasteiger partial charge in [-0.3, -0.25) is 4.99 Å². The van der Waals surface area contributed by atoms with E-state index in [1.165, 1.54) is 12.1 Å². The van der Waals surface area contributed by atoms with Gasteiger partial charge in [-0.05, 0) is 53.3 Å². The Balaban J connectivity index is 0.00000576. The number of unbranched alkanes of at least 4 members (excludes halogenated alkanes) is 1. The van der Waals surface area contributed by atoms with Crippen molar-refractivity contribution in [3.8, 4) is 0 Å². The summed E-state index contributed by atoms with van der Waals surface area (Å²) in [5.74, 6) is 0.951. The van der Waals surface area contributed by atoms with Gasteiger partial charge in [-0.1, -0.05) is 11.6 Å². The molecule has 7 heteroatoms. The normalized spacial score (nSPS) is 11.8. The van der Waals surface area contributed by atoms with Crippen molar-refractivity contribution >= 4 is 41.5 Å². The van der Waals surface area contributed by atoms with Crippen molar-refractivity contribution in [2.45, 2.75) is 46.2 Å². The van der Waals surface area contributed by atoms with Gasteiger partial charge < -0.3 is 19.7 Å². The van der Waals surface area contributed by atoms with Crippen LogP contribution in [0.15, 0.2) is 17.3 Å². The number of nitrogens with zero attached hydrogens (tertiary/aromatic N) is 4. The number of hydrogen-bond acceptors (Lipinski definition) is 2. The van der Waals surface area contributed by atoms with Gasteiger partial charge in [-0.2, -0.15) is 0 Å². The van der Waals surface area contributed by atoms with E-state index < -0.39 is 0 Å². The molecule has 0 atom stereocenters. The molecule has 1 rings (SSSR count). The zero-order valence-electron chi connectivity index (χ0n) is 16.5. The van der Waals surface area contributed by atoms with Crippen molar-refractivity contribution in [3.63, 3.8) is 0 Å². The summed E-state index contributed by atoms with van der Waals surface area (Å²) in [5, 5.41) is 4.15. The number of halogens is 2. The highest BCUT2D eigenvalue weighted by atomic mass is 127. The third-order valence-electron chi connectivity index (χ3n) is 4.23. The zero-order chi connectivity index (χ0) is 18.1. The predicted octanol–water partition coefficient (Wildman–Crippen LogP) is 3.81. The van der Waals surface area contributed by atoms with E-state index in [0.29, 0.717) is 6.04 Å². The van der Waals surface area contributed by atoms with E-state index in [1.807, 2.05) is 19.3 Å². The van der Waals surface area contributed by atoms with Crippen LogP contribution >= 0.6 is 35.6 Å². The summed E-state index contributed by atoms with van der Waals surface area (Å²) in [7, 11) is 6.26. The van der Waals surface area contributed by atoms with Crippen LogP contribution in [0.25, 0.3) is 0 Å². The molecule has 0 aliphatic carbocycles. The Kier molecular flexibility index (Phi) is 12.6. The molecule has 25 heavy (non-hydrogen) atoms. The van der Waals surface area contributed by atoms with Crippen LogP contribution in [-0.2, 0) is 13.6 Å². The zero-order valence-corrected chi connectivity index (χ0v) is 19.6. The van der Waals surface area contributed by atoms with Crippen LogP contribution in [0.4, 0.5) is 0 Å². The van der Waals surface area contributed by atoms with E-state index >= 15 is 0 Å². The summed E-state index contributed by atoms with van der Waals surface area (Å²) in [6.45, 7) is 10.2. The van der Waals surface area contributed by atoms with E-state index in [4.69, 9.17) is 16.6 Å². The van der Waals surface area contributed by atoms with Gasteiger partial charge in [0.05, 0.1) is 11.6 Å². The first-order valence-corrected chi connectivity index (χ1v) is 9.23. The van der Waals surface area contributed by atoms with Gasteiger partial charge in [0.15, 0.2) is 5.96 Å². The average Bonchev–Trinajstić information content (AvgIpc) is 2.82. The van der Waals surface area contributed by atoms with Crippen LogP contribution in [0.2, 0.25) is 5.02 Å². The predicted molar refractivity (Wildman–Crippen MR) is 120 cm³/mol. The third kappa shape index (κ3) is 9.15. The summed E-state index contributed by atoms with van der Waals surface area (Å²) >= 11 is 6.07. The van der Waals surface area contributed by atoms with Crippen molar-refractivity contribution in [3.05, 3.63) is 23.0 Å². The molecule has 0 amide bonds. The molecule has 0 saturated heterocycles. The number of guanidine groups is 1. The molecular weight excluding hydrogens is 449 g/mol. The van der Waals surface area contributed by atoms with Gasteiger partial charge in [-0.25, -0.2) is 0 Å². The number of rotatable bonds is 9. The smallest absolute Gasteiger partial charge is 0.194 e. The van der Waals surface area contributed by atoms with E-state index in [0.717, 1.165) is 43.6 Å². The molecule has 0 spiro atoms. The molecule has 146 valence electrons. The summed E-state index contributed by atoms with van der Waals surface area (Å²) in [6.07, 6.45) is 4.21. The Labute approximate surface area is 175 Å². The lowest BCUT2D eigenvalue weighted by molar-refractivity contribution is 0.269. The molecule has 1 aromatic rings. The largest absolute Gasteiger partial charge is 0.357 e. The first kappa shape index (κ1) is 24.5. The second-order valence-electron chi connectivity index (χ2n) is 6.63. The molecule has 0 bridgehead atoms. The number of aromatic nitrogens is 1. The van der Waals surface area contributed by atoms with Crippen molar-refractivity contribution < 1.29 is 0 Å². The number of nitrogens with one attached hydrogen (secondary N) is 1. The van der Waals surface area contributed by atoms with Crippen molar-refractivity contribution in [1.29, 1.82) is 0 Å².